The van der Waals surface area contributed by atoms with E-state index in [9.17, 15) is 0 Å². The first-order valence-corrected chi connectivity index (χ1v) is 8.50. The minimum absolute atomic E-state index is 0.447. The first-order chi connectivity index (χ1) is 12.1. The lowest BCUT2D eigenvalue weighted by molar-refractivity contribution is 0.819. The van der Waals surface area contributed by atoms with Crippen molar-refractivity contribution < 1.29 is 0 Å². The van der Waals surface area contributed by atoms with Gasteiger partial charge in [-0.05, 0) is 48.6 Å². The second-order valence-electron chi connectivity index (χ2n) is 6.61. The van der Waals surface area contributed by atoms with Gasteiger partial charge in [0.2, 0.25) is 0 Å². The van der Waals surface area contributed by atoms with Crippen molar-refractivity contribution in [1.82, 2.24) is 15.2 Å². The number of fused-ring (bicyclic) bond motifs is 3. The zero-order chi connectivity index (χ0) is 17.4. The zero-order valence-electron chi connectivity index (χ0n) is 14.7. The van der Waals surface area contributed by atoms with E-state index in [4.69, 9.17) is 0 Å². The van der Waals surface area contributed by atoms with E-state index in [1.165, 1.54) is 22.3 Å². The standard InChI is InChI=1S/C21H20N4/c1-13-8-16(9-14(2)15(13)3)11-22-12-20-23-19-10-17-6-4-5-7-18(17)21(19)25-24-20/h4-9,11H,10,12H2,1-3H3. The molecule has 4 nitrogen and oxygen atoms in total. The smallest absolute Gasteiger partial charge is 0.172 e. The van der Waals surface area contributed by atoms with Gasteiger partial charge in [-0.15, -0.1) is 10.2 Å². The van der Waals surface area contributed by atoms with Gasteiger partial charge in [0.05, 0.1) is 5.69 Å². The molecule has 0 saturated carbocycles. The second-order valence-corrected chi connectivity index (χ2v) is 6.61. The summed E-state index contributed by atoms with van der Waals surface area (Å²) in [6.45, 7) is 6.85. The van der Waals surface area contributed by atoms with Crippen molar-refractivity contribution in [1.29, 1.82) is 0 Å². The Kier molecular flexibility index (Phi) is 3.88. The molecule has 124 valence electrons. The van der Waals surface area contributed by atoms with Crippen LogP contribution in [0.2, 0.25) is 0 Å². The molecular formula is C21H20N4. The third-order valence-corrected chi connectivity index (χ3v) is 4.86. The molecule has 0 N–H and O–H groups in total. The van der Waals surface area contributed by atoms with Crippen molar-refractivity contribution in [2.45, 2.75) is 33.7 Å². The maximum atomic E-state index is 4.66. The first-order valence-electron chi connectivity index (χ1n) is 8.50. The van der Waals surface area contributed by atoms with Gasteiger partial charge in [0.25, 0.3) is 0 Å². The Hall–Kier alpha value is -2.88. The predicted octanol–water partition coefficient (Wildman–Crippen LogP) is 3.99. The monoisotopic (exact) mass is 328 g/mol. The summed E-state index contributed by atoms with van der Waals surface area (Å²) in [5, 5.41) is 8.63. The van der Waals surface area contributed by atoms with Crippen molar-refractivity contribution in [3.63, 3.8) is 0 Å². The normalized spacial score (nSPS) is 12.4. The van der Waals surface area contributed by atoms with Crippen LogP contribution in [0.5, 0.6) is 0 Å². The molecule has 0 amide bonds. The van der Waals surface area contributed by atoms with Crippen LogP contribution < -0.4 is 0 Å². The van der Waals surface area contributed by atoms with Gasteiger partial charge in [0.15, 0.2) is 5.82 Å². The van der Waals surface area contributed by atoms with E-state index in [0.717, 1.165) is 28.9 Å². The molecule has 1 aliphatic carbocycles. The third kappa shape index (κ3) is 2.95. The van der Waals surface area contributed by atoms with Crippen LogP contribution in [0, 0.1) is 20.8 Å². The maximum Gasteiger partial charge on any atom is 0.172 e. The fourth-order valence-electron chi connectivity index (χ4n) is 3.26. The second kappa shape index (κ2) is 6.20. The molecule has 1 aromatic heterocycles. The highest BCUT2D eigenvalue weighted by Crippen LogP contribution is 2.32. The largest absolute Gasteiger partial charge is 0.284 e. The fourth-order valence-corrected chi connectivity index (χ4v) is 3.26. The van der Waals surface area contributed by atoms with Gasteiger partial charge < -0.3 is 0 Å². The van der Waals surface area contributed by atoms with Crippen LogP contribution in [0.25, 0.3) is 11.3 Å². The molecule has 0 saturated heterocycles. The molecule has 1 heterocycles. The van der Waals surface area contributed by atoms with Crippen LogP contribution >= 0.6 is 0 Å². The molecule has 0 fully saturated rings. The van der Waals surface area contributed by atoms with Crippen LogP contribution in [0.4, 0.5) is 0 Å². The lowest BCUT2D eigenvalue weighted by Crippen LogP contribution is -2.01. The zero-order valence-corrected chi connectivity index (χ0v) is 14.7. The van der Waals surface area contributed by atoms with E-state index in [0.29, 0.717) is 12.4 Å². The van der Waals surface area contributed by atoms with E-state index in [-0.39, 0.29) is 0 Å². The molecule has 0 aliphatic heterocycles. The van der Waals surface area contributed by atoms with Crippen LogP contribution in [0.1, 0.15) is 39.3 Å². The Balaban J connectivity index is 1.52. The Morgan fingerprint density at radius 3 is 2.60 bits per heavy atom. The quantitative estimate of drug-likeness (QED) is 0.534. The van der Waals surface area contributed by atoms with Crippen LogP contribution in [0.15, 0.2) is 41.4 Å². The predicted molar refractivity (Wildman–Crippen MR) is 100 cm³/mol. The molecule has 0 spiro atoms. The number of aliphatic imine (C=N–C) groups is 1. The minimum atomic E-state index is 0.447. The molecule has 3 aromatic rings. The topological polar surface area (TPSA) is 51.0 Å². The minimum Gasteiger partial charge on any atom is -0.284 e. The number of benzene rings is 2. The average Bonchev–Trinajstić information content (AvgIpc) is 2.97. The lowest BCUT2D eigenvalue weighted by atomic mass is 10.0. The molecule has 2 aromatic carbocycles. The van der Waals surface area contributed by atoms with E-state index in [2.05, 4.69) is 71.3 Å². The average molecular weight is 328 g/mol. The fraction of sp³-hybridized carbons (Fsp3) is 0.238. The molecule has 1 aliphatic rings. The molecular weight excluding hydrogens is 308 g/mol. The Morgan fingerprint density at radius 1 is 1.04 bits per heavy atom. The highest BCUT2D eigenvalue weighted by Gasteiger charge is 2.21. The van der Waals surface area contributed by atoms with E-state index < -0.39 is 0 Å². The summed E-state index contributed by atoms with van der Waals surface area (Å²) in [4.78, 5) is 9.17. The molecule has 4 rings (SSSR count). The highest BCUT2D eigenvalue weighted by atomic mass is 15.2. The maximum absolute atomic E-state index is 4.66. The van der Waals surface area contributed by atoms with E-state index >= 15 is 0 Å². The van der Waals surface area contributed by atoms with Crippen LogP contribution in [0.3, 0.4) is 0 Å². The Labute approximate surface area is 147 Å². The number of hydrogen-bond donors (Lipinski definition) is 0. The van der Waals surface area contributed by atoms with Gasteiger partial charge >= 0.3 is 0 Å². The molecule has 0 radical (unpaired) electrons. The summed E-state index contributed by atoms with van der Waals surface area (Å²) in [6.07, 6.45) is 2.72. The number of aryl methyl sites for hydroxylation is 2. The van der Waals surface area contributed by atoms with Crippen LogP contribution in [-0.4, -0.2) is 21.4 Å². The summed E-state index contributed by atoms with van der Waals surface area (Å²) in [5.74, 6) is 0.670. The van der Waals surface area contributed by atoms with E-state index in [1.54, 1.807) is 0 Å². The molecule has 25 heavy (non-hydrogen) atoms. The van der Waals surface area contributed by atoms with Crippen molar-refractivity contribution in [2.75, 3.05) is 0 Å². The van der Waals surface area contributed by atoms with Crippen molar-refractivity contribution >= 4 is 6.21 Å². The summed E-state index contributed by atoms with van der Waals surface area (Å²) < 4.78 is 0. The summed E-state index contributed by atoms with van der Waals surface area (Å²) >= 11 is 0. The van der Waals surface area contributed by atoms with Gasteiger partial charge in [-0.25, -0.2) is 4.98 Å². The molecule has 4 heteroatoms. The molecule has 0 bridgehead atoms. The molecule has 0 unspecified atom stereocenters. The molecule has 0 atom stereocenters. The van der Waals surface area contributed by atoms with Gasteiger partial charge in [-0.2, -0.15) is 0 Å². The van der Waals surface area contributed by atoms with Gasteiger partial charge in [-0.1, -0.05) is 36.4 Å². The van der Waals surface area contributed by atoms with E-state index in [1.807, 2.05) is 12.3 Å². The first kappa shape index (κ1) is 15.6. The highest BCUT2D eigenvalue weighted by molar-refractivity contribution is 5.80. The SMILES string of the molecule is Cc1cc(C=NCc2nnc3c(n2)Cc2ccccc2-3)cc(C)c1C. The summed E-state index contributed by atoms with van der Waals surface area (Å²) in [5.41, 5.74) is 9.36. The number of rotatable bonds is 3. The lowest BCUT2D eigenvalue weighted by Gasteiger charge is -2.05. The van der Waals surface area contributed by atoms with Crippen molar-refractivity contribution in [3.8, 4) is 11.3 Å². The van der Waals surface area contributed by atoms with Gasteiger partial charge in [-0.3, -0.25) is 4.99 Å². The summed E-state index contributed by atoms with van der Waals surface area (Å²) in [6, 6.07) is 12.6. The third-order valence-electron chi connectivity index (χ3n) is 4.86. The van der Waals surface area contributed by atoms with Gasteiger partial charge in [0, 0.05) is 18.2 Å². The van der Waals surface area contributed by atoms with Gasteiger partial charge in [0.1, 0.15) is 12.2 Å². The van der Waals surface area contributed by atoms with Crippen molar-refractivity contribution in [2.24, 2.45) is 4.99 Å². The van der Waals surface area contributed by atoms with Crippen LogP contribution in [-0.2, 0) is 13.0 Å². The Bertz CT molecular complexity index is 966. The number of hydrogen-bond acceptors (Lipinski definition) is 4. The number of nitrogens with zero attached hydrogens (tertiary/aromatic N) is 4. The Morgan fingerprint density at radius 2 is 1.80 bits per heavy atom. The summed E-state index contributed by atoms with van der Waals surface area (Å²) in [7, 11) is 0. The van der Waals surface area contributed by atoms with Crippen molar-refractivity contribution in [3.05, 3.63) is 75.7 Å². The number of aromatic nitrogens is 3.